The molecule has 1 aromatic heterocycles. The zero-order valence-electron chi connectivity index (χ0n) is 12.3. The van der Waals surface area contributed by atoms with Gasteiger partial charge in [0, 0.05) is 13.1 Å². The number of aromatic nitrogens is 2. The topological polar surface area (TPSA) is 51.4 Å². The molecule has 1 saturated heterocycles. The number of benzene rings is 1. The predicted molar refractivity (Wildman–Crippen MR) is 79.7 cm³/mol. The van der Waals surface area contributed by atoms with E-state index in [0.29, 0.717) is 29.1 Å². The van der Waals surface area contributed by atoms with Gasteiger partial charge in [-0.1, -0.05) is 16.8 Å². The molecule has 0 bridgehead atoms. The molecule has 0 saturated carbocycles. The van der Waals surface area contributed by atoms with E-state index in [1.807, 2.05) is 6.92 Å². The SMILES string of the molecule is Cc1noc([C@H]2CCN(CCOc3ccc(F)cc3Cl)C2)n1. The third kappa shape index (κ3) is 3.56. The summed E-state index contributed by atoms with van der Waals surface area (Å²) < 4.78 is 23.8. The van der Waals surface area contributed by atoms with E-state index >= 15 is 0 Å². The first kappa shape index (κ1) is 15.2. The highest BCUT2D eigenvalue weighted by Crippen LogP contribution is 2.27. The molecule has 0 aliphatic carbocycles. The van der Waals surface area contributed by atoms with Crippen LogP contribution in [-0.4, -0.2) is 41.3 Å². The van der Waals surface area contributed by atoms with Gasteiger partial charge in [0.15, 0.2) is 5.82 Å². The summed E-state index contributed by atoms with van der Waals surface area (Å²) in [6.45, 7) is 4.94. The lowest BCUT2D eigenvalue weighted by Gasteiger charge is -2.16. The molecular formula is C15H17ClFN3O2. The van der Waals surface area contributed by atoms with Crippen LogP contribution < -0.4 is 4.74 Å². The van der Waals surface area contributed by atoms with Crippen LogP contribution in [0.5, 0.6) is 5.75 Å². The summed E-state index contributed by atoms with van der Waals surface area (Å²) >= 11 is 5.92. The molecule has 22 heavy (non-hydrogen) atoms. The smallest absolute Gasteiger partial charge is 0.231 e. The van der Waals surface area contributed by atoms with Crippen LogP contribution in [0.4, 0.5) is 4.39 Å². The standard InChI is InChI=1S/C15H17ClFN3O2/c1-10-18-15(22-19-10)11-4-5-20(9-11)6-7-21-14-3-2-12(17)8-13(14)16/h2-3,8,11H,4-7,9H2,1H3/t11-/m0/s1. The van der Waals surface area contributed by atoms with Gasteiger partial charge in [0.25, 0.3) is 0 Å². The van der Waals surface area contributed by atoms with Crippen LogP contribution in [0.3, 0.4) is 0 Å². The number of hydrogen-bond acceptors (Lipinski definition) is 5. The second kappa shape index (κ2) is 6.62. The Morgan fingerprint density at radius 3 is 3.09 bits per heavy atom. The molecule has 5 nitrogen and oxygen atoms in total. The fourth-order valence-corrected chi connectivity index (χ4v) is 2.82. The van der Waals surface area contributed by atoms with Gasteiger partial charge >= 0.3 is 0 Å². The minimum Gasteiger partial charge on any atom is -0.491 e. The van der Waals surface area contributed by atoms with E-state index in [-0.39, 0.29) is 11.7 Å². The molecule has 7 heteroatoms. The minimum absolute atomic E-state index is 0.288. The molecule has 3 rings (SSSR count). The summed E-state index contributed by atoms with van der Waals surface area (Å²) in [6.07, 6.45) is 0.999. The van der Waals surface area contributed by atoms with Crippen LogP contribution in [0.2, 0.25) is 5.02 Å². The molecule has 1 fully saturated rings. The number of rotatable bonds is 5. The lowest BCUT2D eigenvalue weighted by molar-refractivity contribution is 0.233. The quantitative estimate of drug-likeness (QED) is 0.845. The van der Waals surface area contributed by atoms with Crippen LogP contribution in [0.15, 0.2) is 22.7 Å². The van der Waals surface area contributed by atoms with Gasteiger partial charge in [0.2, 0.25) is 5.89 Å². The minimum atomic E-state index is -0.366. The Labute approximate surface area is 133 Å². The van der Waals surface area contributed by atoms with Crippen LogP contribution in [-0.2, 0) is 0 Å². The number of hydrogen-bond donors (Lipinski definition) is 0. The van der Waals surface area contributed by atoms with Crippen molar-refractivity contribution in [1.29, 1.82) is 0 Å². The van der Waals surface area contributed by atoms with Gasteiger partial charge in [-0.15, -0.1) is 0 Å². The van der Waals surface area contributed by atoms with Crippen molar-refractivity contribution in [3.8, 4) is 5.75 Å². The number of ether oxygens (including phenoxy) is 1. The van der Waals surface area contributed by atoms with E-state index < -0.39 is 0 Å². The average Bonchev–Trinajstić information content (AvgIpc) is 3.10. The molecule has 0 spiro atoms. The highest BCUT2D eigenvalue weighted by Gasteiger charge is 2.27. The third-order valence-electron chi connectivity index (χ3n) is 3.72. The molecule has 1 aliphatic heterocycles. The molecule has 0 amide bonds. The van der Waals surface area contributed by atoms with Crippen molar-refractivity contribution in [2.75, 3.05) is 26.2 Å². The average molecular weight is 326 g/mol. The first-order chi connectivity index (χ1) is 10.6. The molecular weight excluding hydrogens is 309 g/mol. The molecule has 1 aromatic carbocycles. The molecule has 2 aromatic rings. The number of likely N-dealkylation sites (tertiary alicyclic amines) is 1. The number of nitrogens with zero attached hydrogens (tertiary/aromatic N) is 3. The van der Waals surface area contributed by atoms with Crippen molar-refractivity contribution in [3.63, 3.8) is 0 Å². The highest BCUT2D eigenvalue weighted by molar-refractivity contribution is 6.32. The Hall–Kier alpha value is -1.66. The summed E-state index contributed by atoms with van der Waals surface area (Å²) in [5, 5.41) is 4.12. The molecule has 0 N–H and O–H groups in total. The number of halogens is 2. The maximum Gasteiger partial charge on any atom is 0.231 e. The first-order valence-electron chi connectivity index (χ1n) is 7.22. The Morgan fingerprint density at radius 2 is 2.36 bits per heavy atom. The van der Waals surface area contributed by atoms with E-state index in [1.165, 1.54) is 12.1 Å². The second-order valence-corrected chi connectivity index (χ2v) is 5.80. The van der Waals surface area contributed by atoms with Gasteiger partial charge in [0.1, 0.15) is 18.2 Å². The van der Waals surface area contributed by atoms with E-state index in [2.05, 4.69) is 15.0 Å². The summed E-state index contributed by atoms with van der Waals surface area (Å²) in [4.78, 5) is 6.57. The molecule has 2 heterocycles. The Bertz CT molecular complexity index is 649. The van der Waals surface area contributed by atoms with Crippen LogP contribution in [0, 0.1) is 12.7 Å². The summed E-state index contributed by atoms with van der Waals surface area (Å²) in [5.74, 6) is 1.81. The van der Waals surface area contributed by atoms with E-state index in [1.54, 1.807) is 6.07 Å². The zero-order chi connectivity index (χ0) is 15.5. The molecule has 0 unspecified atom stereocenters. The maximum atomic E-state index is 13.0. The van der Waals surface area contributed by atoms with Crippen molar-refractivity contribution in [2.45, 2.75) is 19.3 Å². The largest absolute Gasteiger partial charge is 0.491 e. The number of aryl methyl sites for hydroxylation is 1. The van der Waals surface area contributed by atoms with Crippen LogP contribution in [0.25, 0.3) is 0 Å². The van der Waals surface area contributed by atoms with Crippen molar-refractivity contribution >= 4 is 11.6 Å². The fraction of sp³-hybridized carbons (Fsp3) is 0.467. The third-order valence-corrected chi connectivity index (χ3v) is 4.02. The Kier molecular flexibility index (Phi) is 4.59. The molecule has 1 atom stereocenters. The predicted octanol–water partition coefficient (Wildman–Crippen LogP) is 3.04. The Balaban J connectivity index is 1.47. The summed E-state index contributed by atoms with van der Waals surface area (Å²) in [6, 6.07) is 4.14. The van der Waals surface area contributed by atoms with E-state index in [9.17, 15) is 4.39 Å². The maximum absolute atomic E-state index is 13.0. The monoisotopic (exact) mass is 325 g/mol. The van der Waals surface area contributed by atoms with Gasteiger partial charge in [-0.3, -0.25) is 4.90 Å². The first-order valence-corrected chi connectivity index (χ1v) is 7.60. The van der Waals surface area contributed by atoms with Crippen molar-refractivity contribution < 1.29 is 13.7 Å². The highest BCUT2D eigenvalue weighted by atomic mass is 35.5. The van der Waals surface area contributed by atoms with Crippen molar-refractivity contribution in [1.82, 2.24) is 15.0 Å². The molecule has 1 aliphatic rings. The van der Waals surface area contributed by atoms with Crippen molar-refractivity contribution in [3.05, 3.63) is 40.8 Å². The van der Waals surface area contributed by atoms with Gasteiger partial charge < -0.3 is 9.26 Å². The van der Waals surface area contributed by atoms with Gasteiger partial charge in [-0.25, -0.2) is 4.39 Å². The van der Waals surface area contributed by atoms with E-state index in [4.69, 9.17) is 20.9 Å². The second-order valence-electron chi connectivity index (χ2n) is 5.39. The van der Waals surface area contributed by atoms with E-state index in [0.717, 1.165) is 26.1 Å². The molecule has 0 radical (unpaired) electrons. The lowest BCUT2D eigenvalue weighted by atomic mass is 10.1. The van der Waals surface area contributed by atoms with Crippen molar-refractivity contribution in [2.24, 2.45) is 0 Å². The van der Waals surface area contributed by atoms with Gasteiger partial charge in [-0.05, 0) is 38.1 Å². The Morgan fingerprint density at radius 1 is 1.50 bits per heavy atom. The molecule has 118 valence electrons. The fourth-order valence-electron chi connectivity index (χ4n) is 2.59. The normalized spacial score (nSPS) is 18.8. The van der Waals surface area contributed by atoms with Crippen LogP contribution in [0.1, 0.15) is 24.1 Å². The van der Waals surface area contributed by atoms with Gasteiger partial charge in [0.05, 0.1) is 10.9 Å². The van der Waals surface area contributed by atoms with Crippen LogP contribution >= 0.6 is 11.6 Å². The van der Waals surface area contributed by atoms with Gasteiger partial charge in [-0.2, -0.15) is 4.98 Å². The zero-order valence-corrected chi connectivity index (χ0v) is 13.0. The lowest BCUT2D eigenvalue weighted by Crippen LogP contribution is -2.26. The summed E-state index contributed by atoms with van der Waals surface area (Å²) in [7, 11) is 0. The summed E-state index contributed by atoms with van der Waals surface area (Å²) in [5.41, 5.74) is 0.